The van der Waals surface area contributed by atoms with Crippen molar-refractivity contribution in [2.24, 2.45) is 0 Å². The van der Waals surface area contributed by atoms with Gasteiger partial charge in [0.05, 0.1) is 11.8 Å². The van der Waals surface area contributed by atoms with Gasteiger partial charge in [-0.15, -0.1) is 0 Å². The molecule has 0 saturated carbocycles. The number of nitrogens with one attached hydrogen (secondary N) is 1. The standard InChI is InChI=1S/C12H17F2N3O/c13-11(14)10-9(8-15-16-10)12(18)17-6-4-2-1-3-5-7-17/h8,11H,1-7H2,(H,15,16). The fraction of sp³-hybridized carbons (Fsp3) is 0.667. The number of alkyl halides is 2. The maximum absolute atomic E-state index is 12.7. The minimum absolute atomic E-state index is 0.00516. The third-order valence-corrected chi connectivity index (χ3v) is 3.26. The number of aromatic nitrogens is 2. The quantitative estimate of drug-likeness (QED) is 0.885. The van der Waals surface area contributed by atoms with Crippen LogP contribution in [0.15, 0.2) is 6.20 Å². The van der Waals surface area contributed by atoms with E-state index in [9.17, 15) is 13.6 Å². The summed E-state index contributed by atoms with van der Waals surface area (Å²) in [5.41, 5.74) is -0.368. The smallest absolute Gasteiger partial charge is 0.280 e. The highest BCUT2D eigenvalue weighted by molar-refractivity contribution is 5.95. The number of aromatic amines is 1. The van der Waals surface area contributed by atoms with E-state index in [0.717, 1.165) is 25.7 Å². The van der Waals surface area contributed by atoms with Crippen LogP contribution in [0.1, 0.15) is 54.6 Å². The SMILES string of the molecule is O=C(c1cn[nH]c1C(F)F)N1CCCCCCC1. The lowest BCUT2D eigenvalue weighted by atomic mass is 10.1. The zero-order valence-corrected chi connectivity index (χ0v) is 10.2. The van der Waals surface area contributed by atoms with Gasteiger partial charge in [0.1, 0.15) is 5.69 Å². The Morgan fingerprint density at radius 3 is 2.44 bits per heavy atom. The van der Waals surface area contributed by atoms with Crippen LogP contribution < -0.4 is 0 Å². The molecule has 18 heavy (non-hydrogen) atoms. The van der Waals surface area contributed by atoms with Crippen molar-refractivity contribution in [3.63, 3.8) is 0 Å². The van der Waals surface area contributed by atoms with Crippen LogP contribution in [0.4, 0.5) is 8.78 Å². The third kappa shape index (κ3) is 2.86. The van der Waals surface area contributed by atoms with E-state index in [1.54, 1.807) is 4.90 Å². The Bertz CT molecular complexity index is 398. The molecule has 1 fully saturated rings. The Balaban J connectivity index is 2.11. The fourth-order valence-corrected chi connectivity index (χ4v) is 2.25. The summed E-state index contributed by atoms with van der Waals surface area (Å²) < 4.78 is 25.4. The summed E-state index contributed by atoms with van der Waals surface area (Å²) in [6.07, 6.45) is 3.76. The highest BCUT2D eigenvalue weighted by Crippen LogP contribution is 2.22. The van der Waals surface area contributed by atoms with Gasteiger partial charge in [-0.2, -0.15) is 5.10 Å². The topological polar surface area (TPSA) is 49.0 Å². The summed E-state index contributed by atoms with van der Waals surface area (Å²) in [5.74, 6) is -0.332. The van der Waals surface area contributed by atoms with Gasteiger partial charge in [0.15, 0.2) is 0 Å². The van der Waals surface area contributed by atoms with Crippen LogP contribution in [0.25, 0.3) is 0 Å². The third-order valence-electron chi connectivity index (χ3n) is 3.26. The van der Waals surface area contributed by atoms with E-state index >= 15 is 0 Å². The van der Waals surface area contributed by atoms with E-state index in [1.165, 1.54) is 12.6 Å². The van der Waals surface area contributed by atoms with Crippen LogP contribution in [0.2, 0.25) is 0 Å². The lowest BCUT2D eigenvalue weighted by Crippen LogP contribution is -2.34. The monoisotopic (exact) mass is 257 g/mol. The molecule has 1 amide bonds. The highest BCUT2D eigenvalue weighted by atomic mass is 19.3. The van der Waals surface area contributed by atoms with Gasteiger partial charge in [-0.25, -0.2) is 8.78 Å². The molecule has 1 aliphatic heterocycles. The Morgan fingerprint density at radius 2 is 1.83 bits per heavy atom. The van der Waals surface area contributed by atoms with Gasteiger partial charge in [-0.3, -0.25) is 9.89 Å². The number of amides is 1. The van der Waals surface area contributed by atoms with E-state index in [0.29, 0.717) is 13.1 Å². The number of nitrogens with zero attached hydrogens (tertiary/aromatic N) is 2. The zero-order chi connectivity index (χ0) is 13.0. The second-order valence-corrected chi connectivity index (χ2v) is 4.56. The number of hydrogen-bond acceptors (Lipinski definition) is 2. The normalized spacial score (nSPS) is 17.6. The molecule has 0 atom stereocenters. The molecule has 1 aromatic heterocycles. The Morgan fingerprint density at radius 1 is 1.22 bits per heavy atom. The lowest BCUT2D eigenvalue weighted by molar-refractivity contribution is 0.0730. The predicted molar refractivity (Wildman–Crippen MR) is 62.5 cm³/mol. The minimum Gasteiger partial charge on any atom is -0.339 e. The number of carbonyl (C=O) groups excluding carboxylic acids is 1. The minimum atomic E-state index is -2.69. The van der Waals surface area contributed by atoms with Gasteiger partial charge in [-0.1, -0.05) is 19.3 Å². The molecule has 0 aromatic carbocycles. The molecule has 4 nitrogen and oxygen atoms in total. The molecule has 2 heterocycles. The van der Waals surface area contributed by atoms with Crippen LogP contribution in [0.5, 0.6) is 0 Å². The van der Waals surface area contributed by atoms with Crippen LogP contribution in [0, 0.1) is 0 Å². The molecule has 1 aliphatic rings. The molecule has 100 valence electrons. The summed E-state index contributed by atoms with van der Waals surface area (Å²) in [6.45, 7) is 1.29. The molecular weight excluding hydrogens is 240 g/mol. The average Bonchev–Trinajstić information content (AvgIpc) is 2.76. The van der Waals surface area contributed by atoms with Gasteiger partial charge < -0.3 is 4.90 Å². The Hall–Kier alpha value is -1.46. The molecule has 6 heteroatoms. The first-order valence-electron chi connectivity index (χ1n) is 6.31. The summed E-state index contributed by atoms with van der Waals surface area (Å²) in [7, 11) is 0. The van der Waals surface area contributed by atoms with Gasteiger partial charge in [0, 0.05) is 13.1 Å². The number of hydrogen-bond donors (Lipinski definition) is 1. The largest absolute Gasteiger partial charge is 0.339 e. The second-order valence-electron chi connectivity index (χ2n) is 4.56. The molecule has 0 unspecified atom stereocenters. The van der Waals surface area contributed by atoms with Crippen molar-refractivity contribution in [2.75, 3.05) is 13.1 Å². The van der Waals surface area contributed by atoms with E-state index in [1.807, 2.05) is 0 Å². The summed E-state index contributed by atoms with van der Waals surface area (Å²) in [6, 6.07) is 0. The van der Waals surface area contributed by atoms with Crippen molar-refractivity contribution in [2.45, 2.75) is 38.5 Å². The number of halogens is 2. The molecule has 0 aliphatic carbocycles. The van der Waals surface area contributed by atoms with Crippen molar-refractivity contribution < 1.29 is 13.6 Å². The molecule has 1 aromatic rings. The van der Waals surface area contributed by atoms with Gasteiger partial charge in [0.2, 0.25) is 0 Å². The summed E-state index contributed by atoms with van der Waals surface area (Å²) >= 11 is 0. The average molecular weight is 257 g/mol. The van der Waals surface area contributed by atoms with Crippen LogP contribution in [0.3, 0.4) is 0 Å². The van der Waals surface area contributed by atoms with Gasteiger partial charge in [-0.05, 0) is 12.8 Å². The van der Waals surface area contributed by atoms with Gasteiger partial charge in [0.25, 0.3) is 12.3 Å². The van der Waals surface area contributed by atoms with Crippen molar-refractivity contribution in [3.05, 3.63) is 17.5 Å². The molecule has 2 rings (SSSR count). The maximum atomic E-state index is 12.7. The van der Waals surface area contributed by atoms with Crippen molar-refractivity contribution in [1.82, 2.24) is 15.1 Å². The van der Waals surface area contributed by atoms with Gasteiger partial charge >= 0.3 is 0 Å². The summed E-state index contributed by atoms with van der Waals surface area (Å²) in [5, 5.41) is 5.75. The molecule has 0 spiro atoms. The number of carbonyl (C=O) groups is 1. The first kappa shape index (κ1) is 13.0. The predicted octanol–water partition coefficient (Wildman–Crippen LogP) is 2.75. The molecule has 0 bridgehead atoms. The van der Waals surface area contributed by atoms with E-state index in [-0.39, 0.29) is 17.2 Å². The summed E-state index contributed by atoms with van der Waals surface area (Å²) in [4.78, 5) is 13.8. The van der Waals surface area contributed by atoms with E-state index in [2.05, 4.69) is 10.2 Å². The molecular formula is C12H17F2N3O. The first-order chi connectivity index (χ1) is 8.70. The molecule has 1 saturated heterocycles. The number of H-pyrrole nitrogens is 1. The fourth-order valence-electron chi connectivity index (χ4n) is 2.25. The zero-order valence-electron chi connectivity index (χ0n) is 10.2. The van der Waals surface area contributed by atoms with Crippen LogP contribution in [-0.2, 0) is 0 Å². The molecule has 1 N–H and O–H groups in total. The Labute approximate surface area is 104 Å². The van der Waals surface area contributed by atoms with E-state index < -0.39 is 6.43 Å². The van der Waals surface area contributed by atoms with E-state index in [4.69, 9.17) is 0 Å². The highest BCUT2D eigenvalue weighted by Gasteiger charge is 2.24. The van der Waals surface area contributed by atoms with Crippen LogP contribution >= 0.6 is 0 Å². The maximum Gasteiger partial charge on any atom is 0.280 e. The second kappa shape index (κ2) is 5.93. The van der Waals surface area contributed by atoms with Crippen molar-refractivity contribution >= 4 is 5.91 Å². The lowest BCUT2D eigenvalue weighted by Gasteiger charge is -2.24. The van der Waals surface area contributed by atoms with Crippen molar-refractivity contribution in [3.8, 4) is 0 Å². The van der Waals surface area contributed by atoms with Crippen LogP contribution in [-0.4, -0.2) is 34.1 Å². The Kier molecular flexibility index (Phi) is 4.28. The molecule has 0 radical (unpaired) electrons. The number of likely N-dealkylation sites (tertiary alicyclic amines) is 1. The number of rotatable bonds is 2. The van der Waals surface area contributed by atoms with Crippen molar-refractivity contribution in [1.29, 1.82) is 0 Å². The first-order valence-corrected chi connectivity index (χ1v) is 6.31.